The molecule has 0 bridgehead atoms. The minimum atomic E-state index is -0.936. The van der Waals surface area contributed by atoms with E-state index in [4.69, 9.17) is 5.11 Å². The molecule has 0 amide bonds. The number of carbonyl (C=O) groups is 1. The normalized spacial score (nSPS) is 10.4. The molecule has 2 rings (SSSR count). The Balaban J connectivity index is 2.16. The predicted octanol–water partition coefficient (Wildman–Crippen LogP) is 3.46. The monoisotopic (exact) mass is 314 g/mol. The van der Waals surface area contributed by atoms with E-state index in [1.165, 1.54) is 0 Å². The summed E-state index contributed by atoms with van der Waals surface area (Å²) in [5.74, 6) is 1.32. The molecule has 2 N–H and O–H groups in total. The predicted molar refractivity (Wildman–Crippen MR) is 91.6 cm³/mol. The van der Waals surface area contributed by atoms with Gasteiger partial charge < -0.3 is 15.3 Å². The first kappa shape index (κ1) is 16.7. The maximum Gasteiger partial charge on any atom is 0.335 e. The zero-order chi connectivity index (χ0) is 16.8. The largest absolute Gasteiger partial charge is 0.478 e. The smallest absolute Gasteiger partial charge is 0.335 e. The first-order chi connectivity index (χ1) is 11.0. The van der Waals surface area contributed by atoms with Crippen LogP contribution in [0.1, 0.15) is 35.9 Å². The second-order valence-electron chi connectivity index (χ2n) is 5.44. The standard InChI is InChI=1S/C17H22N4O2/c1-4-5-10-21(3)16-11-15(18-12(2)19-16)20-14-8-6-13(7-9-14)17(22)23/h6-9,11H,4-5,10H2,1-3H3,(H,22,23)(H,18,19,20). The minimum absolute atomic E-state index is 0.259. The van der Waals surface area contributed by atoms with E-state index < -0.39 is 5.97 Å². The molecule has 0 radical (unpaired) electrons. The van der Waals surface area contributed by atoms with Crippen molar-refractivity contribution in [1.82, 2.24) is 9.97 Å². The first-order valence-corrected chi connectivity index (χ1v) is 7.67. The molecule has 0 atom stereocenters. The van der Waals surface area contributed by atoms with E-state index in [9.17, 15) is 4.79 Å². The number of benzene rings is 1. The number of nitrogens with one attached hydrogen (secondary N) is 1. The van der Waals surface area contributed by atoms with Gasteiger partial charge in [-0.3, -0.25) is 0 Å². The summed E-state index contributed by atoms with van der Waals surface area (Å²) in [5, 5.41) is 12.1. The van der Waals surface area contributed by atoms with E-state index in [0.717, 1.165) is 30.9 Å². The van der Waals surface area contributed by atoms with Crippen LogP contribution in [0.5, 0.6) is 0 Å². The van der Waals surface area contributed by atoms with Crippen LogP contribution in [0.3, 0.4) is 0 Å². The molecule has 0 aliphatic carbocycles. The summed E-state index contributed by atoms with van der Waals surface area (Å²) < 4.78 is 0. The van der Waals surface area contributed by atoms with E-state index in [1.54, 1.807) is 24.3 Å². The van der Waals surface area contributed by atoms with E-state index in [0.29, 0.717) is 11.6 Å². The summed E-state index contributed by atoms with van der Waals surface area (Å²) in [4.78, 5) is 21.8. The molecule has 122 valence electrons. The van der Waals surface area contributed by atoms with Gasteiger partial charge in [-0.2, -0.15) is 0 Å². The lowest BCUT2D eigenvalue weighted by atomic mass is 10.2. The lowest BCUT2D eigenvalue weighted by molar-refractivity contribution is 0.0697. The summed E-state index contributed by atoms with van der Waals surface area (Å²) in [6, 6.07) is 8.47. The molecule has 6 nitrogen and oxygen atoms in total. The van der Waals surface area contributed by atoms with E-state index >= 15 is 0 Å². The van der Waals surface area contributed by atoms with Gasteiger partial charge in [-0.25, -0.2) is 14.8 Å². The zero-order valence-corrected chi connectivity index (χ0v) is 13.7. The average Bonchev–Trinajstić information content (AvgIpc) is 2.52. The van der Waals surface area contributed by atoms with Gasteiger partial charge in [-0.15, -0.1) is 0 Å². The Morgan fingerprint density at radius 2 is 1.96 bits per heavy atom. The molecule has 23 heavy (non-hydrogen) atoms. The molecule has 1 heterocycles. The van der Waals surface area contributed by atoms with Crippen molar-refractivity contribution in [3.05, 3.63) is 41.7 Å². The molecule has 1 aromatic carbocycles. The van der Waals surface area contributed by atoms with Crippen LogP contribution < -0.4 is 10.2 Å². The molecule has 0 saturated heterocycles. The Kier molecular flexibility index (Phi) is 5.51. The van der Waals surface area contributed by atoms with Crippen molar-refractivity contribution in [3.63, 3.8) is 0 Å². The molecule has 0 unspecified atom stereocenters. The summed E-state index contributed by atoms with van der Waals surface area (Å²) in [7, 11) is 2.02. The summed E-state index contributed by atoms with van der Waals surface area (Å²) in [5.41, 5.74) is 1.05. The van der Waals surface area contributed by atoms with Crippen molar-refractivity contribution in [3.8, 4) is 0 Å². The minimum Gasteiger partial charge on any atom is -0.478 e. The molecular formula is C17H22N4O2. The molecular weight excluding hydrogens is 292 g/mol. The van der Waals surface area contributed by atoms with Crippen LogP contribution in [-0.2, 0) is 0 Å². The van der Waals surface area contributed by atoms with E-state index in [1.807, 2.05) is 20.0 Å². The summed E-state index contributed by atoms with van der Waals surface area (Å²) in [6.45, 7) is 4.96. The average molecular weight is 314 g/mol. The lowest BCUT2D eigenvalue weighted by Gasteiger charge is -2.19. The Morgan fingerprint density at radius 3 is 2.57 bits per heavy atom. The van der Waals surface area contributed by atoms with Crippen LogP contribution >= 0.6 is 0 Å². The van der Waals surface area contributed by atoms with Gasteiger partial charge in [0.2, 0.25) is 0 Å². The maximum atomic E-state index is 10.9. The fraction of sp³-hybridized carbons (Fsp3) is 0.353. The SMILES string of the molecule is CCCCN(C)c1cc(Nc2ccc(C(=O)O)cc2)nc(C)n1. The van der Waals surface area contributed by atoms with Gasteiger partial charge in [0, 0.05) is 25.3 Å². The van der Waals surface area contributed by atoms with Crippen molar-refractivity contribution in [2.75, 3.05) is 23.8 Å². The molecule has 0 spiro atoms. The van der Waals surface area contributed by atoms with Crippen LogP contribution in [0.4, 0.5) is 17.3 Å². The maximum absolute atomic E-state index is 10.9. The summed E-state index contributed by atoms with van der Waals surface area (Å²) in [6.07, 6.45) is 2.24. The lowest BCUT2D eigenvalue weighted by Crippen LogP contribution is -2.20. The Labute approximate surface area is 136 Å². The van der Waals surface area contributed by atoms with Gasteiger partial charge in [0.05, 0.1) is 5.56 Å². The molecule has 2 aromatic rings. The number of aryl methyl sites for hydroxylation is 1. The summed E-state index contributed by atoms with van der Waals surface area (Å²) >= 11 is 0. The first-order valence-electron chi connectivity index (χ1n) is 7.67. The quantitative estimate of drug-likeness (QED) is 0.815. The third-order valence-corrected chi connectivity index (χ3v) is 3.47. The fourth-order valence-electron chi connectivity index (χ4n) is 2.17. The van der Waals surface area contributed by atoms with Gasteiger partial charge in [-0.1, -0.05) is 13.3 Å². The molecule has 0 aliphatic rings. The second-order valence-corrected chi connectivity index (χ2v) is 5.44. The Bertz CT molecular complexity index is 671. The van der Waals surface area contributed by atoms with Crippen molar-refractivity contribution in [2.24, 2.45) is 0 Å². The molecule has 0 aliphatic heterocycles. The zero-order valence-electron chi connectivity index (χ0n) is 13.7. The number of aromatic nitrogens is 2. The number of unbranched alkanes of at least 4 members (excludes halogenated alkanes) is 1. The highest BCUT2D eigenvalue weighted by Crippen LogP contribution is 2.20. The number of anilines is 3. The number of hydrogen-bond donors (Lipinski definition) is 2. The van der Waals surface area contributed by atoms with Crippen molar-refractivity contribution in [2.45, 2.75) is 26.7 Å². The highest BCUT2D eigenvalue weighted by atomic mass is 16.4. The van der Waals surface area contributed by atoms with Crippen molar-refractivity contribution < 1.29 is 9.90 Å². The molecule has 0 fully saturated rings. The number of carboxylic acids is 1. The van der Waals surface area contributed by atoms with Gasteiger partial charge in [0.15, 0.2) is 0 Å². The number of nitrogens with zero attached hydrogens (tertiary/aromatic N) is 3. The molecule has 0 saturated carbocycles. The third kappa shape index (κ3) is 4.67. The third-order valence-electron chi connectivity index (χ3n) is 3.47. The van der Waals surface area contributed by atoms with Gasteiger partial charge in [0.25, 0.3) is 0 Å². The van der Waals surface area contributed by atoms with Crippen molar-refractivity contribution in [1.29, 1.82) is 0 Å². The van der Waals surface area contributed by atoms with E-state index in [2.05, 4.69) is 27.1 Å². The second kappa shape index (κ2) is 7.58. The Morgan fingerprint density at radius 1 is 1.26 bits per heavy atom. The number of aromatic carboxylic acids is 1. The highest BCUT2D eigenvalue weighted by molar-refractivity contribution is 5.88. The molecule has 1 aromatic heterocycles. The van der Waals surface area contributed by atoms with Crippen LogP contribution in [0.2, 0.25) is 0 Å². The van der Waals surface area contributed by atoms with Gasteiger partial charge >= 0.3 is 5.97 Å². The van der Waals surface area contributed by atoms with E-state index in [-0.39, 0.29) is 5.56 Å². The topological polar surface area (TPSA) is 78.4 Å². The van der Waals surface area contributed by atoms with Crippen LogP contribution in [0, 0.1) is 6.92 Å². The Hall–Kier alpha value is -2.63. The van der Waals surface area contributed by atoms with Crippen LogP contribution in [0.25, 0.3) is 0 Å². The van der Waals surface area contributed by atoms with Gasteiger partial charge in [-0.05, 0) is 37.6 Å². The number of hydrogen-bond acceptors (Lipinski definition) is 5. The van der Waals surface area contributed by atoms with Gasteiger partial charge in [0.1, 0.15) is 17.5 Å². The fourth-order valence-corrected chi connectivity index (χ4v) is 2.17. The molecule has 6 heteroatoms. The highest BCUT2D eigenvalue weighted by Gasteiger charge is 2.07. The number of carboxylic acid groups (broad SMARTS) is 1. The van der Waals surface area contributed by atoms with Crippen LogP contribution in [0.15, 0.2) is 30.3 Å². The van der Waals surface area contributed by atoms with Crippen molar-refractivity contribution >= 4 is 23.3 Å². The van der Waals surface area contributed by atoms with Crippen LogP contribution in [-0.4, -0.2) is 34.6 Å². The number of rotatable bonds is 7.